The molecule has 7 heteroatoms. The SMILES string of the molecule is Cc1cccc(-c2nnc(SCC(=O)N3c4ccccc4SCC3c3ccccc3)o2)c1. The van der Waals surface area contributed by atoms with Gasteiger partial charge in [0.05, 0.1) is 17.5 Å². The molecule has 5 rings (SSSR count). The zero-order valence-corrected chi connectivity index (χ0v) is 19.1. The van der Waals surface area contributed by atoms with Gasteiger partial charge in [0.25, 0.3) is 5.22 Å². The monoisotopic (exact) mass is 459 g/mol. The molecule has 0 saturated carbocycles. The number of nitrogens with zero attached hydrogens (tertiary/aromatic N) is 3. The van der Waals surface area contributed by atoms with Crippen molar-refractivity contribution >= 4 is 35.1 Å². The van der Waals surface area contributed by atoms with E-state index in [2.05, 4.69) is 28.4 Å². The molecule has 1 aromatic heterocycles. The molecule has 1 aliphatic rings. The normalized spacial score (nSPS) is 15.4. The summed E-state index contributed by atoms with van der Waals surface area (Å²) >= 11 is 3.06. The summed E-state index contributed by atoms with van der Waals surface area (Å²) in [5.74, 6) is 1.52. The highest BCUT2D eigenvalue weighted by Gasteiger charge is 2.32. The number of rotatable bonds is 5. The van der Waals surface area contributed by atoms with E-state index in [-0.39, 0.29) is 17.7 Å². The zero-order chi connectivity index (χ0) is 21.9. The van der Waals surface area contributed by atoms with Gasteiger partial charge in [-0.15, -0.1) is 22.0 Å². The molecule has 1 unspecified atom stereocenters. The molecule has 3 aromatic carbocycles. The minimum Gasteiger partial charge on any atom is -0.411 e. The summed E-state index contributed by atoms with van der Waals surface area (Å²) in [4.78, 5) is 16.5. The Hall–Kier alpha value is -3.03. The fraction of sp³-hybridized carbons (Fsp3) is 0.160. The number of carbonyl (C=O) groups excluding carboxylic acids is 1. The van der Waals surface area contributed by atoms with E-state index in [0.717, 1.165) is 33.0 Å². The van der Waals surface area contributed by atoms with Crippen LogP contribution in [0, 0.1) is 6.92 Å². The molecule has 1 atom stereocenters. The second kappa shape index (κ2) is 9.22. The van der Waals surface area contributed by atoms with Crippen molar-refractivity contribution in [2.45, 2.75) is 23.1 Å². The van der Waals surface area contributed by atoms with Gasteiger partial charge in [0.1, 0.15) is 0 Å². The lowest BCUT2D eigenvalue weighted by molar-refractivity contribution is -0.116. The van der Waals surface area contributed by atoms with Crippen LogP contribution in [0.2, 0.25) is 0 Å². The van der Waals surface area contributed by atoms with Gasteiger partial charge in [-0.3, -0.25) is 4.79 Å². The highest BCUT2D eigenvalue weighted by atomic mass is 32.2. The van der Waals surface area contributed by atoms with E-state index in [1.807, 2.05) is 72.5 Å². The number of benzene rings is 3. The lowest BCUT2D eigenvalue weighted by Crippen LogP contribution is -2.39. The summed E-state index contributed by atoms with van der Waals surface area (Å²) in [6, 6.07) is 26.2. The third kappa shape index (κ3) is 4.31. The topological polar surface area (TPSA) is 59.2 Å². The number of anilines is 1. The van der Waals surface area contributed by atoms with Crippen molar-refractivity contribution < 1.29 is 9.21 Å². The van der Waals surface area contributed by atoms with E-state index in [1.165, 1.54) is 11.8 Å². The van der Waals surface area contributed by atoms with Crippen LogP contribution < -0.4 is 4.90 Å². The highest BCUT2D eigenvalue weighted by Crippen LogP contribution is 2.43. The molecular weight excluding hydrogens is 438 g/mol. The predicted octanol–water partition coefficient (Wildman–Crippen LogP) is 6.02. The van der Waals surface area contributed by atoms with E-state index in [4.69, 9.17) is 4.42 Å². The molecule has 0 saturated heterocycles. The van der Waals surface area contributed by atoms with Crippen molar-refractivity contribution in [3.8, 4) is 11.5 Å². The van der Waals surface area contributed by atoms with Gasteiger partial charge in [0, 0.05) is 16.2 Å². The molecule has 160 valence electrons. The highest BCUT2D eigenvalue weighted by molar-refractivity contribution is 8.00. The standard InChI is InChI=1S/C25H21N3O2S2/c1-17-8-7-11-19(14-17)24-26-27-25(30-24)32-16-23(29)28-20-12-5-6-13-22(20)31-15-21(28)18-9-3-2-4-10-18/h2-14,21H,15-16H2,1H3. The maximum absolute atomic E-state index is 13.4. The fourth-order valence-corrected chi connectivity index (χ4v) is 5.56. The molecule has 4 aromatic rings. The summed E-state index contributed by atoms with van der Waals surface area (Å²) in [5.41, 5.74) is 4.09. The number of para-hydroxylation sites is 1. The summed E-state index contributed by atoms with van der Waals surface area (Å²) < 4.78 is 5.81. The second-order valence-electron chi connectivity index (χ2n) is 7.50. The average molecular weight is 460 g/mol. The Labute approximate surface area is 195 Å². The van der Waals surface area contributed by atoms with E-state index in [0.29, 0.717) is 11.1 Å². The van der Waals surface area contributed by atoms with E-state index < -0.39 is 0 Å². The largest absolute Gasteiger partial charge is 0.411 e. The van der Waals surface area contributed by atoms with Gasteiger partial charge in [0.15, 0.2) is 0 Å². The van der Waals surface area contributed by atoms with Crippen molar-refractivity contribution in [3.63, 3.8) is 0 Å². The first kappa shape index (κ1) is 20.8. The summed E-state index contributed by atoms with van der Waals surface area (Å²) in [5, 5.41) is 8.68. The third-order valence-electron chi connectivity index (χ3n) is 5.28. The van der Waals surface area contributed by atoms with Crippen LogP contribution in [0.25, 0.3) is 11.5 Å². The lowest BCUT2D eigenvalue weighted by Gasteiger charge is -2.37. The van der Waals surface area contributed by atoms with Crippen molar-refractivity contribution in [1.29, 1.82) is 0 Å². The number of hydrogen-bond acceptors (Lipinski definition) is 6. The molecule has 2 heterocycles. The first-order valence-electron chi connectivity index (χ1n) is 10.3. The second-order valence-corrected chi connectivity index (χ2v) is 9.49. The Kier molecular flexibility index (Phi) is 6.01. The molecule has 0 N–H and O–H groups in total. The summed E-state index contributed by atoms with van der Waals surface area (Å²) in [6.45, 7) is 2.02. The van der Waals surface area contributed by atoms with Gasteiger partial charge in [-0.2, -0.15) is 0 Å². The first-order valence-corrected chi connectivity index (χ1v) is 12.3. The molecule has 32 heavy (non-hydrogen) atoms. The maximum atomic E-state index is 13.4. The minimum atomic E-state index is -0.0188. The quantitative estimate of drug-likeness (QED) is 0.340. The molecule has 0 spiro atoms. The molecule has 1 amide bonds. The molecule has 0 bridgehead atoms. The number of amides is 1. The smallest absolute Gasteiger partial charge is 0.277 e. The van der Waals surface area contributed by atoms with Crippen LogP contribution in [0.1, 0.15) is 17.2 Å². The van der Waals surface area contributed by atoms with Gasteiger partial charge in [0.2, 0.25) is 11.8 Å². The molecule has 5 nitrogen and oxygen atoms in total. The Morgan fingerprint density at radius 1 is 1.06 bits per heavy atom. The van der Waals surface area contributed by atoms with E-state index in [9.17, 15) is 4.79 Å². The lowest BCUT2D eigenvalue weighted by atomic mass is 10.1. The van der Waals surface area contributed by atoms with Crippen molar-refractivity contribution in [1.82, 2.24) is 10.2 Å². The third-order valence-corrected chi connectivity index (χ3v) is 7.22. The van der Waals surface area contributed by atoms with Crippen molar-refractivity contribution in [2.24, 2.45) is 0 Å². The van der Waals surface area contributed by atoms with Gasteiger partial charge in [-0.1, -0.05) is 71.9 Å². The molecule has 0 aliphatic carbocycles. The van der Waals surface area contributed by atoms with Crippen LogP contribution in [-0.4, -0.2) is 27.6 Å². The van der Waals surface area contributed by atoms with Crippen LogP contribution in [0.3, 0.4) is 0 Å². The Morgan fingerprint density at radius 2 is 1.88 bits per heavy atom. The number of fused-ring (bicyclic) bond motifs is 1. The average Bonchev–Trinajstić information content (AvgIpc) is 3.31. The van der Waals surface area contributed by atoms with Gasteiger partial charge in [-0.05, 0) is 36.8 Å². The van der Waals surface area contributed by atoms with Crippen LogP contribution in [-0.2, 0) is 4.79 Å². The maximum Gasteiger partial charge on any atom is 0.277 e. The van der Waals surface area contributed by atoms with Crippen LogP contribution >= 0.6 is 23.5 Å². The van der Waals surface area contributed by atoms with E-state index >= 15 is 0 Å². The van der Waals surface area contributed by atoms with Gasteiger partial charge >= 0.3 is 0 Å². The Morgan fingerprint density at radius 3 is 2.72 bits per heavy atom. The number of aryl methyl sites for hydroxylation is 1. The molecular formula is C25H21N3O2S2. The van der Waals surface area contributed by atoms with Gasteiger partial charge < -0.3 is 9.32 Å². The van der Waals surface area contributed by atoms with Crippen LogP contribution in [0.5, 0.6) is 0 Å². The summed E-state index contributed by atoms with van der Waals surface area (Å²) in [6.07, 6.45) is 0. The zero-order valence-electron chi connectivity index (χ0n) is 17.5. The van der Waals surface area contributed by atoms with Crippen LogP contribution in [0.15, 0.2) is 93.4 Å². The number of aromatic nitrogens is 2. The van der Waals surface area contributed by atoms with Crippen molar-refractivity contribution in [2.75, 3.05) is 16.4 Å². The number of carbonyl (C=O) groups is 1. The Balaban J connectivity index is 1.36. The number of thioether (sulfide) groups is 2. The molecule has 0 fully saturated rings. The van der Waals surface area contributed by atoms with Gasteiger partial charge in [-0.25, -0.2) is 0 Å². The number of hydrogen-bond donors (Lipinski definition) is 0. The first-order chi connectivity index (χ1) is 15.7. The van der Waals surface area contributed by atoms with E-state index in [1.54, 1.807) is 11.8 Å². The Bertz CT molecular complexity index is 1240. The fourth-order valence-electron chi connectivity index (χ4n) is 3.77. The predicted molar refractivity (Wildman–Crippen MR) is 129 cm³/mol. The van der Waals surface area contributed by atoms with Crippen LogP contribution in [0.4, 0.5) is 5.69 Å². The summed E-state index contributed by atoms with van der Waals surface area (Å²) in [7, 11) is 0. The van der Waals surface area contributed by atoms with Crippen molar-refractivity contribution in [3.05, 3.63) is 90.0 Å². The minimum absolute atomic E-state index is 0.0188. The molecule has 1 aliphatic heterocycles. The molecule has 0 radical (unpaired) electrons.